The van der Waals surface area contributed by atoms with Crippen LogP contribution in [-0.2, 0) is 14.4 Å². The number of hydrogen-bond donors (Lipinski definition) is 2. The fourth-order valence-corrected chi connectivity index (χ4v) is 1.67. The highest BCUT2D eigenvalue weighted by Gasteiger charge is 2.24. The highest BCUT2D eigenvalue weighted by Crippen LogP contribution is 2.12. The summed E-state index contributed by atoms with van der Waals surface area (Å²) in [7, 11) is 1.50. The Bertz CT molecular complexity index is 361. The van der Waals surface area contributed by atoms with Gasteiger partial charge in [-0.1, -0.05) is 27.7 Å². The van der Waals surface area contributed by atoms with E-state index in [4.69, 9.17) is 5.11 Å². The van der Waals surface area contributed by atoms with Gasteiger partial charge < -0.3 is 15.3 Å². The standard InChI is InChI=1S/C14H26N2O4/c1-6-10(12(18)19)16(5)11(17)8-7-9-15-13(20)14(2,3)4/h10H,6-9H2,1-5H3,(H,15,20)(H,18,19). The molecular weight excluding hydrogens is 260 g/mol. The van der Waals surface area contributed by atoms with Gasteiger partial charge in [-0.2, -0.15) is 0 Å². The summed E-state index contributed by atoms with van der Waals surface area (Å²) in [6.07, 6.45) is 1.10. The Morgan fingerprint density at radius 3 is 2.20 bits per heavy atom. The van der Waals surface area contributed by atoms with Crippen molar-refractivity contribution in [2.45, 2.75) is 53.0 Å². The van der Waals surface area contributed by atoms with E-state index in [-0.39, 0.29) is 18.2 Å². The number of carboxylic acid groups (broad SMARTS) is 1. The smallest absolute Gasteiger partial charge is 0.326 e. The minimum absolute atomic E-state index is 0.0599. The molecule has 0 spiro atoms. The maximum Gasteiger partial charge on any atom is 0.326 e. The first kappa shape index (κ1) is 18.4. The van der Waals surface area contributed by atoms with Gasteiger partial charge in [-0.25, -0.2) is 4.79 Å². The third-order valence-corrected chi connectivity index (χ3v) is 3.07. The molecule has 0 bridgehead atoms. The van der Waals surface area contributed by atoms with Gasteiger partial charge in [0.2, 0.25) is 11.8 Å². The molecule has 0 saturated carbocycles. The summed E-state index contributed by atoms with van der Waals surface area (Å²) in [5.74, 6) is -1.27. The summed E-state index contributed by atoms with van der Waals surface area (Å²) in [5.41, 5.74) is -0.447. The Balaban J connectivity index is 4.12. The number of hydrogen-bond acceptors (Lipinski definition) is 3. The van der Waals surface area contributed by atoms with Crippen LogP contribution in [0.4, 0.5) is 0 Å². The highest BCUT2D eigenvalue weighted by molar-refractivity contribution is 5.83. The molecule has 0 aromatic rings. The van der Waals surface area contributed by atoms with Crippen LogP contribution in [0, 0.1) is 5.41 Å². The molecule has 116 valence electrons. The van der Waals surface area contributed by atoms with E-state index in [0.29, 0.717) is 19.4 Å². The lowest BCUT2D eigenvalue weighted by Crippen LogP contribution is -2.42. The largest absolute Gasteiger partial charge is 0.480 e. The summed E-state index contributed by atoms with van der Waals surface area (Å²) >= 11 is 0. The summed E-state index contributed by atoms with van der Waals surface area (Å²) in [4.78, 5) is 35.7. The van der Waals surface area contributed by atoms with Crippen molar-refractivity contribution in [1.29, 1.82) is 0 Å². The second-order valence-corrected chi connectivity index (χ2v) is 5.88. The highest BCUT2D eigenvalue weighted by atomic mass is 16.4. The molecule has 0 rings (SSSR count). The van der Waals surface area contributed by atoms with Crippen LogP contribution in [0.5, 0.6) is 0 Å². The molecule has 20 heavy (non-hydrogen) atoms. The van der Waals surface area contributed by atoms with Gasteiger partial charge >= 0.3 is 5.97 Å². The first-order chi connectivity index (χ1) is 9.11. The fraction of sp³-hybridized carbons (Fsp3) is 0.786. The lowest BCUT2D eigenvalue weighted by Gasteiger charge is -2.24. The summed E-state index contributed by atoms with van der Waals surface area (Å²) in [6.45, 7) is 7.60. The van der Waals surface area contributed by atoms with Crippen LogP contribution >= 0.6 is 0 Å². The SMILES string of the molecule is CCC(C(=O)O)N(C)C(=O)CCCNC(=O)C(C)(C)C. The van der Waals surface area contributed by atoms with Crippen LogP contribution in [-0.4, -0.2) is 47.4 Å². The fourth-order valence-electron chi connectivity index (χ4n) is 1.67. The van der Waals surface area contributed by atoms with Gasteiger partial charge in [-0.15, -0.1) is 0 Å². The van der Waals surface area contributed by atoms with E-state index in [1.165, 1.54) is 11.9 Å². The maximum absolute atomic E-state index is 11.8. The van der Waals surface area contributed by atoms with Crippen molar-refractivity contribution >= 4 is 17.8 Å². The molecule has 0 heterocycles. The van der Waals surface area contributed by atoms with E-state index in [1.54, 1.807) is 6.92 Å². The minimum atomic E-state index is -0.996. The van der Waals surface area contributed by atoms with E-state index >= 15 is 0 Å². The number of carbonyl (C=O) groups excluding carboxylic acids is 2. The molecule has 0 aliphatic carbocycles. The molecule has 1 atom stereocenters. The zero-order chi connectivity index (χ0) is 15.9. The monoisotopic (exact) mass is 286 g/mol. The number of nitrogens with one attached hydrogen (secondary N) is 1. The minimum Gasteiger partial charge on any atom is -0.480 e. The van der Waals surface area contributed by atoms with Crippen molar-refractivity contribution < 1.29 is 19.5 Å². The summed E-state index contributed by atoms with van der Waals surface area (Å²) in [5, 5.41) is 11.7. The normalized spacial score (nSPS) is 12.7. The average Bonchev–Trinajstić information content (AvgIpc) is 2.32. The molecule has 0 saturated heterocycles. The molecule has 2 amide bonds. The number of nitrogens with zero attached hydrogens (tertiary/aromatic N) is 1. The van der Waals surface area contributed by atoms with E-state index in [2.05, 4.69) is 5.32 Å². The predicted octanol–water partition coefficient (Wildman–Crippen LogP) is 1.25. The van der Waals surface area contributed by atoms with Gasteiger partial charge in [-0.05, 0) is 12.8 Å². The molecule has 1 unspecified atom stereocenters. The van der Waals surface area contributed by atoms with Crippen molar-refractivity contribution in [2.24, 2.45) is 5.41 Å². The van der Waals surface area contributed by atoms with Crippen molar-refractivity contribution in [3.05, 3.63) is 0 Å². The zero-order valence-corrected chi connectivity index (χ0v) is 13.0. The summed E-state index contributed by atoms with van der Waals surface area (Å²) in [6, 6.07) is -0.785. The molecule has 6 nitrogen and oxygen atoms in total. The van der Waals surface area contributed by atoms with E-state index in [9.17, 15) is 14.4 Å². The molecule has 6 heteroatoms. The van der Waals surface area contributed by atoms with Gasteiger partial charge in [0.1, 0.15) is 6.04 Å². The molecule has 0 aromatic heterocycles. The van der Waals surface area contributed by atoms with Gasteiger partial charge in [-0.3, -0.25) is 9.59 Å². The predicted molar refractivity (Wildman–Crippen MR) is 76.2 cm³/mol. The second kappa shape index (κ2) is 7.87. The Labute approximate surface area is 120 Å². The number of carbonyl (C=O) groups is 3. The molecular formula is C14H26N2O4. The quantitative estimate of drug-likeness (QED) is 0.690. The Kier molecular flexibility index (Phi) is 7.24. The molecule has 0 aromatic carbocycles. The topological polar surface area (TPSA) is 86.7 Å². The molecule has 0 aliphatic heterocycles. The number of aliphatic carboxylic acids is 1. The van der Waals surface area contributed by atoms with E-state index < -0.39 is 17.4 Å². The molecule has 0 aliphatic rings. The van der Waals surface area contributed by atoms with E-state index in [0.717, 1.165) is 0 Å². The lowest BCUT2D eigenvalue weighted by molar-refractivity contribution is -0.149. The number of carboxylic acids is 1. The van der Waals surface area contributed by atoms with E-state index in [1.807, 2.05) is 20.8 Å². The first-order valence-corrected chi connectivity index (χ1v) is 6.88. The maximum atomic E-state index is 11.8. The zero-order valence-electron chi connectivity index (χ0n) is 13.0. The van der Waals surface area contributed by atoms with Gasteiger partial charge in [0, 0.05) is 25.4 Å². The van der Waals surface area contributed by atoms with Crippen LogP contribution < -0.4 is 5.32 Å². The Morgan fingerprint density at radius 1 is 1.25 bits per heavy atom. The van der Waals surface area contributed by atoms with Gasteiger partial charge in [0.05, 0.1) is 0 Å². The number of rotatable bonds is 7. The first-order valence-electron chi connectivity index (χ1n) is 6.88. The average molecular weight is 286 g/mol. The lowest BCUT2D eigenvalue weighted by atomic mass is 9.96. The van der Waals surface area contributed by atoms with Crippen molar-refractivity contribution in [3.8, 4) is 0 Å². The second-order valence-electron chi connectivity index (χ2n) is 5.88. The van der Waals surface area contributed by atoms with Crippen molar-refractivity contribution in [2.75, 3.05) is 13.6 Å². The van der Waals surface area contributed by atoms with Crippen LogP contribution in [0.25, 0.3) is 0 Å². The number of likely N-dealkylation sites (N-methyl/N-ethyl adjacent to an activating group) is 1. The van der Waals surface area contributed by atoms with Crippen LogP contribution in [0.15, 0.2) is 0 Å². The van der Waals surface area contributed by atoms with Gasteiger partial charge in [0.15, 0.2) is 0 Å². The van der Waals surface area contributed by atoms with Crippen molar-refractivity contribution in [3.63, 3.8) is 0 Å². The van der Waals surface area contributed by atoms with Crippen LogP contribution in [0.3, 0.4) is 0 Å². The van der Waals surface area contributed by atoms with Crippen LogP contribution in [0.1, 0.15) is 47.0 Å². The molecule has 0 fully saturated rings. The molecule has 2 N–H and O–H groups in total. The van der Waals surface area contributed by atoms with Crippen LogP contribution in [0.2, 0.25) is 0 Å². The third-order valence-electron chi connectivity index (χ3n) is 3.07. The van der Waals surface area contributed by atoms with Gasteiger partial charge in [0.25, 0.3) is 0 Å². The van der Waals surface area contributed by atoms with Crippen molar-refractivity contribution in [1.82, 2.24) is 10.2 Å². The number of amides is 2. The Morgan fingerprint density at radius 2 is 1.80 bits per heavy atom. The third kappa shape index (κ3) is 6.04. The Hall–Kier alpha value is -1.59. The molecule has 0 radical (unpaired) electrons. The summed E-state index contributed by atoms with van der Waals surface area (Å²) < 4.78 is 0.